The van der Waals surface area contributed by atoms with E-state index < -0.39 is 5.92 Å². The number of para-hydroxylation sites is 1. The summed E-state index contributed by atoms with van der Waals surface area (Å²) in [6.07, 6.45) is 0.181. The Kier molecular flexibility index (Phi) is 5.55. The van der Waals surface area contributed by atoms with E-state index in [0.717, 1.165) is 11.3 Å². The van der Waals surface area contributed by atoms with E-state index in [1.54, 1.807) is 36.3 Å². The largest absolute Gasteiger partial charge is 0.496 e. The first-order valence-corrected chi connectivity index (χ1v) is 9.34. The van der Waals surface area contributed by atoms with Crippen molar-refractivity contribution in [2.45, 2.75) is 13.0 Å². The van der Waals surface area contributed by atoms with Crippen molar-refractivity contribution in [2.24, 2.45) is 5.92 Å². The Morgan fingerprint density at radius 2 is 2.03 bits per heavy atom. The van der Waals surface area contributed by atoms with Crippen LogP contribution in [0.1, 0.15) is 12.0 Å². The Labute approximate surface area is 172 Å². The molecule has 0 saturated carbocycles. The zero-order chi connectivity index (χ0) is 20.9. The molecule has 4 rings (SSSR count). The maximum absolute atomic E-state index is 12.6. The topological polar surface area (TPSA) is 122 Å². The van der Waals surface area contributed by atoms with Gasteiger partial charge in [0, 0.05) is 30.8 Å². The molecule has 2 N–H and O–H groups in total. The smallest absolute Gasteiger partial charge is 0.361 e. The predicted octanol–water partition coefficient (Wildman–Crippen LogP) is 1.99. The molecule has 1 unspecified atom stereocenters. The van der Waals surface area contributed by atoms with Crippen LogP contribution in [0.25, 0.3) is 0 Å². The Balaban J connectivity index is 1.34. The van der Waals surface area contributed by atoms with Crippen molar-refractivity contribution in [1.82, 2.24) is 25.5 Å². The fourth-order valence-electron chi connectivity index (χ4n) is 3.29. The van der Waals surface area contributed by atoms with Crippen LogP contribution >= 0.6 is 0 Å². The number of ether oxygens (including phenoxy) is 2. The zero-order valence-electron chi connectivity index (χ0n) is 16.2. The monoisotopic (exact) mass is 408 g/mol. The number of tetrazole rings is 1. The number of rotatable bonds is 7. The number of nitrogens with one attached hydrogen (secondary N) is 2. The summed E-state index contributed by atoms with van der Waals surface area (Å²) < 4.78 is 10.7. The van der Waals surface area contributed by atoms with Gasteiger partial charge in [0.05, 0.1) is 13.0 Å². The summed E-state index contributed by atoms with van der Waals surface area (Å²) in [4.78, 5) is 26.7. The van der Waals surface area contributed by atoms with Gasteiger partial charge in [-0.3, -0.25) is 9.59 Å². The average molecular weight is 408 g/mol. The van der Waals surface area contributed by atoms with E-state index >= 15 is 0 Å². The number of amides is 2. The number of hydrogen-bond donors (Lipinski definition) is 2. The highest BCUT2D eigenvalue weighted by Gasteiger charge is 2.34. The molecule has 30 heavy (non-hydrogen) atoms. The van der Waals surface area contributed by atoms with Gasteiger partial charge < -0.3 is 19.7 Å². The number of anilines is 1. The van der Waals surface area contributed by atoms with Crippen LogP contribution in [0, 0.1) is 5.92 Å². The molecule has 10 nitrogen and oxygen atoms in total. The highest BCUT2D eigenvalue weighted by atomic mass is 16.5. The molecule has 1 fully saturated rings. The average Bonchev–Trinajstić information content (AvgIpc) is 3.40. The quantitative estimate of drug-likeness (QED) is 0.613. The highest BCUT2D eigenvalue weighted by Crippen LogP contribution is 2.26. The second-order valence-corrected chi connectivity index (χ2v) is 6.80. The second-order valence-electron chi connectivity index (χ2n) is 6.80. The molecule has 154 valence electrons. The SMILES string of the molecule is COc1ccccc1CN1CC(C(=O)Nc2ccc(Oc3nn[nH]n3)cc2)CC1=O. The van der Waals surface area contributed by atoms with Crippen LogP contribution < -0.4 is 14.8 Å². The summed E-state index contributed by atoms with van der Waals surface area (Å²) in [7, 11) is 1.60. The zero-order valence-corrected chi connectivity index (χ0v) is 16.2. The van der Waals surface area contributed by atoms with Crippen LogP contribution in [0.4, 0.5) is 5.69 Å². The summed E-state index contributed by atoms with van der Waals surface area (Å²) in [5, 5.41) is 16.0. The maximum atomic E-state index is 12.6. The molecule has 1 aliphatic rings. The molecular formula is C20H20N6O4. The van der Waals surface area contributed by atoms with Crippen LogP contribution in [0.2, 0.25) is 0 Å². The minimum atomic E-state index is -0.414. The van der Waals surface area contributed by atoms with E-state index in [9.17, 15) is 9.59 Å². The molecular weight excluding hydrogens is 388 g/mol. The van der Waals surface area contributed by atoms with Crippen molar-refractivity contribution in [1.29, 1.82) is 0 Å². The molecule has 1 aliphatic heterocycles. The van der Waals surface area contributed by atoms with Gasteiger partial charge in [0.2, 0.25) is 11.8 Å². The fourth-order valence-corrected chi connectivity index (χ4v) is 3.29. The lowest BCUT2D eigenvalue weighted by atomic mass is 10.1. The Morgan fingerprint density at radius 1 is 1.23 bits per heavy atom. The van der Waals surface area contributed by atoms with Crippen molar-refractivity contribution in [2.75, 3.05) is 19.0 Å². The lowest BCUT2D eigenvalue weighted by Crippen LogP contribution is -2.28. The van der Waals surface area contributed by atoms with Gasteiger partial charge in [0.1, 0.15) is 11.5 Å². The van der Waals surface area contributed by atoms with Crippen molar-refractivity contribution in [3.63, 3.8) is 0 Å². The number of hydrogen-bond acceptors (Lipinski definition) is 7. The lowest BCUT2D eigenvalue weighted by molar-refractivity contribution is -0.128. The summed E-state index contributed by atoms with van der Waals surface area (Å²) in [6.45, 7) is 0.774. The van der Waals surface area contributed by atoms with Gasteiger partial charge in [0.15, 0.2) is 0 Å². The van der Waals surface area contributed by atoms with Crippen LogP contribution in [0.15, 0.2) is 48.5 Å². The van der Waals surface area contributed by atoms with E-state index in [2.05, 4.69) is 25.9 Å². The molecule has 1 saturated heterocycles. The van der Waals surface area contributed by atoms with Gasteiger partial charge in [0.25, 0.3) is 0 Å². The molecule has 3 aromatic rings. The van der Waals surface area contributed by atoms with E-state index in [1.807, 2.05) is 24.3 Å². The molecule has 0 bridgehead atoms. The summed E-state index contributed by atoms with van der Waals surface area (Å²) in [6, 6.07) is 14.4. The number of carbonyl (C=O) groups excluding carboxylic acids is 2. The van der Waals surface area contributed by atoms with Crippen molar-refractivity contribution < 1.29 is 19.1 Å². The normalized spacial score (nSPS) is 15.8. The predicted molar refractivity (Wildman–Crippen MR) is 106 cm³/mol. The summed E-state index contributed by atoms with van der Waals surface area (Å²) in [5.41, 5.74) is 1.52. The van der Waals surface area contributed by atoms with E-state index in [-0.39, 0.29) is 24.2 Å². The Hall–Kier alpha value is -3.95. The van der Waals surface area contributed by atoms with Crippen molar-refractivity contribution in [3.8, 4) is 17.5 Å². The number of nitrogens with zero attached hydrogens (tertiary/aromatic N) is 4. The van der Waals surface area contributed by atoms with Gasteiger partial charge >= 0.3 is 6.01 Å². The lowest BCUT2D eigenvalue weighted by Gasteiger charge is -2.18. The number of benzene rings is 2. The number of methoxy groups -OCH3 is 1. The third kappa shape index (κ3) is 4.37. The first-order valence-electron chi connectivity index (χ1n) is 9.34. The Bertz CT molecular complexity index is 1020. The van der Waals surface area contributed by atoms with Gasteiger partial charge in [-0.15, -0.1) is 0 Å². The second kappa shape index (κ2) is 8.60. The van der Waals surface area contributed by atoms with Gasteiger partial charge in [-0.1, -0.05) is 28.4 Å². The molecule has 0 radical (unpaired) electrons. The number of likely N-dealkylation sites (tertiary alicyclic amines) is 1. The number of aromatic nitrogens is 4. The highest BCUT2D eigenvalue weighted by molar-refractivity contribution is 5.97. The molecule has 2 heterocycles. The third-order valence-corrected chi connectivity index (χ3v) is 4.80. The van der Waals surface area contributed by atoms with Crippen LogP contribution in [0.3, 0.4) is 0 Å². The number of aromatic amines is 1. The fraction of sp³-hybridized carbons (Fsp3) is 0.250. The molecule has 10 heteroatoms. The van der Waals surface area contributed by atoms with Crippen molar-refractivity contribution >= 4 is 17.5 Å². The van der Waals surface area contributed by atoms with Gasteiger partial charge in [-0.2, -0.15) is 5.21 Å². The summed E-state index contributed by atoms with van der Waals surface area (Å²) >= 11 is 0. The first-order chi connectivity index (χ1) is 14.6. The molecule has 1 atom stereocenters. The molecule has 0 aliphatic carbocycles. The molecule has 2 amide bonds. The molecule has 0 spiro atoms. The number of carbonyl (C=O) groups is 2. The molecule has 2 aromatic carbocycles. The Morgan fingerprint density at radius 3 is 2.77 bits per heavy atom. The third-order valence-electron chi connectivity index (χ3n) is 4.80. The number of H-pyrrole nitrogens is 1. The van der Waals surface area contributed by atoms with E-state index in [4.69, 9.17) is 9.47 Å². The standard InChI is InChI=1S/C20H20N6O4/c1-29-17-5-3-2-4-13(17)11-26-12-14(10-18(26)27)19(28)21-15-6-8-16(9-7-15)30-20-22-24-25-23-20/h2-9,14H,10-12H2,1H3,(H,21,28)(H,22,23,24,25). The van der Waals surface area contributed by atoms with Crippen LogP contribution in [0.5, 0.6) is 17.5 Å². The van der Waals surface area contributed by atoms with Crippen molar-refractivity contribution in [3.05, 3.63) is 54.1 Å². The van der Waals surface area contributed by atoms with E-state index in [1.165, 1.54) is 0 Å². The maximum Gasteiger partial charge on any atom is 0.361 e. The van der Waals surface area contributed by atoms with Gasteiger partial charge in [-0.05, 0) is 35.5 Å². The van der Waals surface area contributed by atoms with Crippen LogP contribution in [-0.2, 0) is 16.1 Å². The summed E-state index contributed by atoms with van der Waals surface area (Å²) in [5.74, 6) is 0.569. The molecule has 1 aromatic heterocycles. The first kappa shape index (κ1) is 19.4. The van der Waals surface area contributed by atoms with E-state index in [0.29, 0.717) is 24.5 Å². The minimum Gasteiger partial charge on any atom is -0.496 e. The van der Waals surface area contributed by atoms with Gasteiger partial charge in [-0.25, -0.2) is 0 Å². The minimum absolute atomic E-state index is 0.0510. The van der Waals surface area contributed by atoms with Crippen LogP contribution in [-0.4, -0.2) is 51.0 Å².